The van der Waals surface area contributed by atoms with E-state index in [0.29, 0.717) is 12.0 Å². The maximum absolute atomic E-state index is 13.8. The second-order valence-electron chi connectivity index (χ2n) is 4.51. The van der Waals surface area contributed by atoms with Crippen LogP contribution in [0.15, 0.2) is 48.7 Å². The molecule has 3 heteroatoms. The van der Waals surface area contributed by atoms with E-state index < -0.39 is 5.41 Å². The Bertz CT molecular complexity index is 541. The Morgan fingerprint density at radius 3 is 2.56 bits per heavy atom. The summed E-state index contributed by atoms with van der Waals surface area (Å²) in [4.78, 5) is 15.6. The van der Waals surface area contributed by atoms with Gasteiger partial charge in [0.05, 0.1) is 5.41 Å². The molecule has 2 aromatic rings. The van der Waals surface area contributed by atoms with E-state index in [9.17, 15) is 9.18 Å². The van der Waals surface area contributed by atoms with Gasteiger partial charge in [-0.25, -0.2) is 4.39 Å². The normalized spacial score (nSPS) is 13.9. The summed E-state index contributed by atoms with van der Waals surface area (Å²) in [6.07, 6.45) is 2.85. The summed E-state index contributed by atoms with van der Waals surface area (Å²) in [5.41, 5.74) is 0.292. The molecule has 0 aliphatic heterocycles. The van der Waals surface area contributed by atoms with Gasteiger partial charge in [0.25, 0.3) is 0 Å². The largest absolute Gasteiger partial charge is 0.302 e. The minimum atomic E-state index is -0.889. The first kappa shape index (κ1) is 12.4. The summed E-state index contributed by atoms with van der Waals surface area (Å²) in [6, 6.07) is 11.9. The van der Waals surface area contributed by atoms with Gasteiger partial charge in [0, 0.05) is 23.9 Å². The van der Waals surface area contributed by atoms with E-state index in [1.807, 2.05) is 18.2 Å². The fourth-order valence-corrected chi connectivity index (χ4v) is 2.00. The van der Waals surface area contributed by atoms with Crippen molar-refractivity contribution in [2.45, 2.75) is 18.8 Å². The highest BCUT2D eigenvalue weighted by Crippen LogP contribution is 2.27. The molecule has 0 aliphatic rings. The van der Waals surface area contributed by atoms with Crippen LogP contribution in [0.1, 0.15) is 18.2 Å². The SMILES string of the molecule is CC(C=O)(Cc1ccccn1)c1ccccc1F. The molecule has 2 nitrogen and oxygen atoms in total. The Morgan fingerprint density at radius 2 is 1.94 bits per heavy atom. The Labute approximate surface area is 105 Å². The predicted octanol–water partition coefficient (Wildman–Crippen LogP) is 2.92. The average Bonchev–Trinajstić information content (AvgIpc) is 2.40. The van der Waals surface area contributed by atoms with E-state index in [-0.39, 0.29) is 5.82 Å². The molecule has 92 valence electrons. The molecule has 0 aliphatic carbocycles. The van der Waals surface area contributed by atoms with Gasteiger partial charge in [0.1, 0.15) is 12.1 Å². The molecule has 1 unspecified atom stereocenters. The first-order valence-corrected chi connectivity index (χ1v) is 5.77. The van der Waals surface area contributed by atoms with Crippen molar-refractivity contribution in [1.82, 2.24) is 4.98 Å². The molecule has 0 bridgehead atoms. The lowest BCUT2D eigenvalue weighted by molar-refractivity contribution is -0.112. The van der Waals surface area contributed by atoms with Gasteiger partial charge in [0.15, 0.2) is 0 Å². The smallest absolute Gasteiger partial charge is 0.130 e. The minimum absolute atomic E-state index is 0.358. The molecule has 2 rings (SSSR count). The quantitative estimate of drug-likeness (QED) is 0.773. The molecule has 0 saturated carbocycles. The molecule has 0 saturated heterocycles. The van der Waals surface area contributed by atoms with Gasteiger partial charge < -0.3 is 4.79 Å². The van der Waals surface area contributed by atoms with E-state index in [2.05, 4.69) is 4.98 Å². The van der Waals surface area contributed by atoms with Crippen LogP contribution in [0.3, 0.4) is 0 Å². The van der Waals surface area contributed by atoms with E-state index >= 15 is 0 Å². The fraction of sp³-hybridized carbons (Fsp3) is 0.200. The van der Waals surface area contributed by atoms with Crippen molar-refractivity contribution >= 4 is 6.29 Å². The Hall–Kier alpha value is -2.03. The van der Waals surface area contributed by atoms with Gasteiger partial charge in [-0.2, -0.15) is 0 Å². The third-order valence-electron chi connectivity index (χ3n) is 3.02. The molecule has 0 amide bonds. The second kappa shape index (κ2) is 5.08. The van der Waals surface area contributed by atoms with Crippen molar-refractivity contribution in [1.29, 1.82) is 0 Å². The number of halogens is 1. The third-order valence-corrected chi connectivity index (χ3v) is 3.02. The topological polar surface area (TPSA) is 30.0 Å². The first-order chi connectivity index (χ1) is 8.65. The number of benzene rings is 1. The number of hydrogen-bond acceptors (Lipinski definition) is 2. The Morgan fingerprint density at radius 1 is 1.22 bits per heavy atom. The number of hydrogen-bond donors (Lipinski definition) is 0. The molecule has 18 heavy (non-hydrogen) atoms. The van der Waals surface area contributed by atoms with Crippen LogP contribution in [-0.2, 0) is 16.6 Å². The lowest BCUT2D eigenvalue weighted by Crippen LogP contribution is -2.28. The lowest BCUT2D eigenvalue weighted by atomic mass is 9.79. The fourth-order valence-electron chi connectivity index (χ4n) is 2.00. The molecule has 1 heterocycles. The summed E-state index contributed by atoms with van der Waals surface area (Å²) in [5, 5.41) is 0. The summed E-state index contributed by atoms with van der Waals surface area (Å²) < 4.78 is 13.8. The van der Waals surface area contributed by atoms with E-state index in [1.54, 1.807) is 31.3 Å². The van der Waals surface area contributed by atoms with Crippen LogP contribution in [-0.4, -0.2) is 11.3 Å². The summed E-state index contributed by atoms with van der Waals surface area (Å²) >= 11 is 0. The molecule has 0 spiro atoms. The minimum Gasteiger partial charge on any atom is -0.302 e. The van der Waals surface area contributed by atoms with Crippen molar-refractivity contribution in [2.75, 3.05) is 0 Å². The van der Waals surface area contributed by atoms with Gasteiger partial charge in [-0.15, -0.1) is 0 Å². The highest BCUT2D eigenvalue weighted by molar-refractivity contribution is 5.68. The maximum atomic E-state index is 13.8. The number of nitrogens with zero attached hydrogens (tertiary/aromatic N) is 1. The Balaban J connectivity index is 2.37. The zero-order chi connectivity index (χ0) is 13.0. The molecule has 0 radical (unpaired) electrons. The molecule has 0 fully saturated rings. The number of rotatable bonds is 4. The van der Waals surface area contributed by atoms with Crippen LogP contribution in [0.2, 0.25) is 0 Å². The molecule has 1 aromatic carbocycles. The molecule has 1 aromatic heterocycles. The molecular formula is C15H14FNO. The standard InChI is InChI=1S/C15H14FNO/c1-15(11-18,10-12-6-4-5-9-17-12)13-7-2-3-8-14(13)16/h2-9,11H,10H2,1H3. The van der Waals surface area contributed by atoms with Crippen LogP contribution < -0.4 is 0 Å². The van der Waals surface area contributed by atoms with Gasteiger partial charge in [-0.3, -0.25) is 4.98 Å². The van der Waals surface area contributed by atoms with Crippen molar-refractivity contribution < 1.29 is 9.18 Å². The van der Waals surface area contributed by atoms with Gasteiger partial charge in [0.2, 0.25) is 0 Å². The second-order valence-corrected chi connectivity index (χ2v) is 4.51. The monoisotopic (exact) mass is 243 g/mol. The predicted molar refractivity (Wildman–Crippen MR) is 67.8 cm³/mol. The summed E-state index contributed by atoms with van der Waals surface area (Å²) in [7, 11) is 0. The van der Waals surface area contributed by atoms with Gasteiger partial charge in [-0.1, -0.05) is 24.3 Å². The number of carbonyl (C=O) groups is 1. The van der Waals surface area contributed by atoms with Crippen molar-refractivity contribution in [3.63, 3.8) is 0 Å². The van der Waals surface area contributed by atoms with E-state index in [4.69, 9.17) is 0 Å². The van der Waals surface area contributed by atoms with Crippen LogP contribution >= 0.6 is 0 Å². The van der Waals surface area contributed by atoms with E-state index in [1.165, 1.54) is 6.07 Å². The molecule has 0 N–H and O–H groups in total. The third kappa shape index (κ3) is 2.45. The van der Waals surface area contributed by atoms with Crippen LogP contribution in [0.4, 0.5) is 4.39 Å². The zero-order valence-electron chi connectivity index (χ0n) is 10.1. The van der Waals surface area contributed by atoms with Gasteiger partial charge >= 0.3 is 0 Å². The molecule has 1 atom stereocenters. The average molecular weight is 243 g/mol. The number of aromatic nitrogens is 1. The Kier molecular flexibility index (Phi) is 3.51. The first-order valence-electron chi connectivity index (χ1n) is 5.77. The number of carbonyl (C=O) groups excluding carboxylic acids is 1. The van der Waals surface area contributed by atoms with Crippen molar-refractivity contribution in [3.05, 3.63) is 65.7 Å². The summed E-state index contributed by atoms with van der Waals surface area (Å²) in [6.45, 7) is 1.73. The maximum Gasteiger partial charge on any atom is 0.130 e. The van der Waals surface area contributed by atoms with E-state index in [0.717, 1.165) is 12.0 Å². The lowest BCUT2D eigenvalue weighted by Gasteiger charge is -2.23. The van der Waals surface area contributed by atoms with Crippen molar-refractivity contribution in [3.8, 4) is 0 Å². The number of aldehydes is 1. The number of pyridine rings is 1. The summed E-state index contributed by atoms with van der Waals surface area (Å²) in [5.74, 6) is -0.358. The van der Waals surface area contributed by atoms with Crippen molar-refractivity contribution in [2.24, 2.45) is 0 Å². The van der Waals surface area contributed by atoms with Crippen LogP contribution in [0.25, 0.3) is 0 Å². The van der Waals surface area contributed by atoms with Crippen LogP contribution in [0.5, 0.6) is 0 Å². The zero-order valence-corrected chi connectivity index (χ0v) is 10.1. The van der Waals surface area contributed by atoms with Crippen LogP contribution in [0, 0.1) is 5.82 Å². The molecular weight excluding hydrogens is 229 g/mol. The highest BCUT2D eigenvalue weighted by atomic mass is 19.1. The highest BCUT2D eigenvalue weighted by Gasteiger charge is 2.29. The van der Waals surface area contributed by atoms with Gasteiger partial charge in [-0.05, 0) is 25.1 Å².